The minimum absolute atomic E-state index is 0.0336. The van der Waals surface area contributed by atoms with Crippen molar-refractivity contribution in [3.05, 3.63) is 63.7 Å². The number of hydrogen-bond acceptors (Lipinski definition) is 8. The monoisotopic (exact) mass is 512 g/mol. The Morgan fingerprint density at radius 2 is 1.68 bits per heavy atom. The van der Waals surface area contributed by atoms with Crippen LogP contribution in [0, 0.1) is 10.1 Å². The molecular formula is C26H32N4O7. The van der Waals surface area contributed by atoms with E-state index in [1.54, 1.807) is 35.2 Å². The third-order valence-corrected chi connectivity index (χ3v) is 6.09. The van der Waals surface area contributed by atoms with Gasteiger partial charge in [0, 0.05) is 50.4 Å². The van der Waals surface area contributed by atoms with E-state index in [0.29, 0.717) is 61.1 Å². The number of piperazine rings is 1. The fourth-order valence-electron chi connectivity index (χ4n) is 4.07. The van der Waals surface area contributed by atoms with Gasteiger partial charge in [0.25, 0.3) is 11.6 Å². The van der Waals surface area contributed by atoms with Crippen molar-refractivity contribution in [2.75, 3.05) is 60.6 Å². The van der Waals surface area contributed by atoms with Crippen LogP contribution in [0.5, 0.6) is 17.2 Å². The van der Waals surface area contributed by atoms with Crippen LogP contribution in [-0.4, -0.2) is 87.1 Å². The first-order valence-electron chi connectivity index (χ1n) is 11.9. The summed E-state index contributed by atoms with van der Waals surface area (Å²) in [5.74, 6) is 0.846. The first kappa shape index (κ1) is 27.5. The molecule has 11 heteroatoms. The predicted octanol–water partition coefficient (Wildman–Crippen LogP) is 2.60. The highest BCUT2D eigenvalue weighted by Crippen LogP contribution is 2.38. The van der Waals surface area contributed by atoms with E-state index < -0.39 is 4.92 Å². The van der Waals surface area contributed by atoms with Gasteiger partial charge in [0.1, 0.15) is 0 Å². The van der Waals surface area contributed by atoms with E-state index in [1.807, 2.05) is 0 Å². The minimum atomic E-state index is -0.462. The summed E-state index contributed by atoms with van der Waals surface area (Å²) < 4.78 is 15.9. The van der Waals surface area contributed by atoms with Gasteiger partial charge in [-0.25, -0.2) is 0 Å². The summed E-state index contributed by atoms with van der Waals surface area (Å²) in [7, 11) is 4.50. The smallest absolute Gasteiger partial charge is 0.276 e. The number of amides is 2. The molecule has 0 atom stereocenters. The molecule has 1 aliphatic rings. The van der Waals surface area contributed by atoms with Gasteiger partial charge in [-0.2, -0.15) is 0 Å². The topological polar surface area (TPSA) is 123 Å². The molecule has 11 nitrogen and oxygen atoms in total. The van der Waals surface area contributed by atoms with E-state index in [9.17, 15) is 19.7 Å². The van der Waals surface area contributed by atoms with Crippen LogP contribution >= 0.6 is 0 Å². The molecule has 0 radical (unpaired) electrons. The lowest BCUT2D eigenvalue weighted by Gasteiger charge is -2.34. The minimum Gasteiger partial charge on any atom is -0.493 e. The summed E-state index contributed by atoms with van der Waals surface area (Å²) in [4.78, 5) is 39.8. The first-order chi connectivity index (χ1) is 17.9. The van der Waals surface area contributed by atoms with E-state index in [4.69, 9.17) is 14.2 Å². The fourth-order valence-corrected chi connectivity index (χ4v) is 4.07. The molecule has 2 aromatic carbocycles. The SMILES string of the molecule is COc1cc(C(=O)NCCCN2CCN(C(=O)/C=C/c3ccccc3[N+](=O)[O-])CC2)cc(OC)c1OC. The number of para-hydroxylation sites is 1. The molecule has 198 valence electrons. The second kappa shape index (κ2) is 13.3. The van der Waals surface area contributed by atoms with Crippen molar-refractivity contribution in [2.24, 2.45) is 0 Å². The number of hydrogen-bond donors (Lipinski definition) is 1. The number of ether oxygens (including phenoxy) is 3. The third kappa shape index (κ3) is 7.20. The van der Waals surface area contributed by atoms with Gasteiger partial charge in [-0.15, -0.1) is 0 Å². The van der Waals surface area contributed by atoms with Gasteiger partial charge in [-0.3, -0.25) is 24.6 Å². The number of benzene rings is 2. The molecule has 0 unspecified atom stereocenters. The van der Waals surface area contributed by atoms with Gasteiger partial charge in [0.2, 0.25) is 11.7 Å². The highest BCUT2D eigenvalue weighted by molar-refractivity contribution is 5.95. The van der Waals surface area contributed by atoms with Crippen LogP contribution in [0.3, 0.4) is 0 Å². The van der Waals surface area contributed by atoms with Crippen molar-refractivity contribution in [1.82, 2.24) is 15.1 Å². The van der Waals surface area contributed by atoms with E-state index in [0.717, 1.165) is 13.0 Å². The van der Waals surface area contributed by atoms with Crippen LogP contribution in [0.4, 0.5) is 5.69 Å². The average Bonchev–Trinajstić information content (AvgIpc) is 2.93. The summed E-state index contributed by atoms with van der Waals surface area (Å²) in [6.45, 7) is 3.84. The van der Waals surface area contributed by atoms with Gasteiger partial charge in [-0.05, 0) is 37.2 Å². The van der Waals surface area contributed by atoms with Crippen LogP contribution in [0.1, 0.15) is 22.3 Å². The van der Waals surface area contributed by atoms with E-state index in [-0.39, 0.29) is 17.5 Å². The summed E-state index contributed by atoms with van der Waals surface area (Å²) in [6, 6.07) is 9.53. The number of carbonyl (C=O) groups is 2. The van der Waals surface area contributed by atoms with Gasteiger partial charge in [0.15, 0.2) is 11.5 Å². The average molecular weight is 513 g/mol. The van der Waals surface area contributed by atoms with Crippen molar-refractivity contribution < 1.29 is 28.7 Å². The molecule has 1 aliphatic heterocycles. The number of carbonyl (C=O) groups excluding carboxylic acids is 2. The van der Waals surface area contributed by atoms with Crippen LogP contribution in [-0.2, 0) is 4.79 Å². The molecule has 0 aliphatic carbocycles. The number of nitrogens with zero attached hydrogens (tertiary/aromatic N) is 3. The molecule has 1 heterocycles. The lowest BCUT2D eigenvalue weighted by atomic mass is 10.1. The zero-order valence-corrected chi connectivity index (χ0v) is 21.3. The van der Waals surface area contributed by atoms with Gasteiger partial charge < -0.3 is 24.4 Å². The molecule has 1 fully saturated rings. The Hall–Kier alpha value is -4.12. The molecule has 3 rings (SSSR count). The molecule has 0 spiro atoms. The van der Waals surface area contributed by atoms with Gasteiger partial charge >= 0.3 is 0 Å². The van der Waals surface area contributed by atoms with Crippen molar-refractivity contribution in [3.63, 3.8) is 0 Å². The van der Waals surface area contributed by atoms with Gasteiger partial charge in [0.05, 0.1) is 31.8 Å². The Kier molecular flexibility index (Phi) is 9.84. The number of nitro benzene ring substituents is 1. The Morgan fingerprint density at radius 3 is 2.27 bits per heavy atom. The van der Waals surface area contributed by atoms with E-state index >= 15 is 0 Å². The first-order valence-corrected chi connectivity index (χ1v) is 11.9. The van der Waals surface area contributed by atoms with Crippen LogP contribution in [0.25, 0.3) is 6.08 Å². The van der Waals surface area contributed by atoms with Crippen LogP contribution in [0.2, 0.25) is 0 Å². The predicted molar refractivity (Wildman–Crippen MR) is 138 cm³/mol. The number of nitro groups is 1. The van der Waals surface area contributed by atoms with E-state index in [1.165, 1.54) is 39.5 Å². The van der Waals surface area contributed by atoms with Crippen LogP contribution in [0.15, 0.2) is 42.5 Å². The maximum Gasteiger partial charge on any atom is 0.276 e. The quantitative estimate of drug-likeness (QED) is 0.211. The van der Waals surface area contributed by atoms with Crippen molar-refractivity contribution in [3.8, 4) is 17.2 Å². The number of nitrogens with one attached hydrogen (secondary N) is 1. The normalized spacial score (nSPS) is 13.9. The summed E-state index contributed by atoms with van der Waals surface area (Å²) in [5.41, 5.74) is 0.775. The molecule has 1 saturated heterocycles. The maximum atomic E-state index is 12.6. The third-order valence-electron chi connectivity index (χ3n) is 6.09. The standard InChI is InChI=1S/C26H32N4O7/c1-35-22-17-20(18-23(36-2)25(22)37-3)26(32)27-11-6-12-28-13-15-29(16-14-28)24(31)10-9-19-7-4-5-8-21(19)30(33)34/h4-5,7-10,17-18H,6,11-16H2,1-3H3,(H,27,32)/b10-9+. The molecular weight excluding hydrogens is 480 g/mol. The van der Waals surface area contributed by atoms with Gasteiger partial charge in [-0.1, -0.05) is 12.1 Å². The molecule has 1 N–H and O–H groups in total. The zero-order chi connectivity index (χ0) is 26.8. The zero-order valence-electron chi connectivity index (χ0n) is 21.3. The van der Waals surface area contributed by atoms with Crippen molar-refractivity contribution >= 4 is 23.6 Å². The van der Waals surface area contributed by atoms with Crippen molar-refractivity contribution in [2.45, 2.75) is 6.42 Å². The summed E-state index contributed by atoms with van der Waals surface area (Å²) >= 11 is 0. The lowest BCUT2D eigenvalue weighted by molar-refractivity contribution is -0.385. The van der Waals surface area contributed by atoms with Crippen molar-refractivity contribution in [1.29, 1.82) is 0 Å². The van der Waals surface area contributed by atoms with E-state index in [2.05, 4.69) is 10.2 Å². The summed E-state index contributed by atoms with van der Waals surface area (Å²) in [6.07, 6.45) is 3.63. The Morgan fingerprint density at radius 1 is 1.03 bits per heavy atom. The largest absolute Gasteiger partial charge is 0.493 e. The molecule has 0 saturated carbocycles. The fraction of sp³-hybridized carbons (Fsp3) is 0.385. The highest BCUT2D eigenvalue weighted by Gasteiger charge is 2.20. The Balaban J connectivity index is 1.42. The second-order valence-corrected chi connectivity index (χ2v) is 8.34. The summed E-state index contributed by atoms with van der Waals surface area (Å²) in [5, 5.41) is 14.0. The molecule has 0 bridgehead atoms. The molecule has 2 aromatic rings. The number of methoxy groups -OCH3 is 3. The lowest BCUT2D eigenvalue weighted by Crippen LogP contribution is -2.48. The Labute approximate surface area is 215 Å². The number of rotatable bonds is 11. The maximum absolute atomic E-state index is 12.6. The molecule has 2 amide bonds. The second-order valence-electron chi connectivity index (χ2n) is 8.34. The highest BCUT2D eigenvalue weighted by atomic mass is 16.6. The van der Waals surface area contributed by atoms with Crippen LogP contribution < -0.4 is 19.5 Å². The Bertz CT molecular complexity index is 1120. The molecule has 0 aromatic heterocycles. The molecule has 37 heavy (non-hydrogen) atoms.